The summed E-state index contributed by atoms with van der Waals surface area (Å²) in [6.07, 6.45) is 1.79. The summed E-state index contributed by atoms with van der Waals surface area (Å²) >= 11 is 9.62. The first-order chi connectivity index (χ1) is 11.0. The Kier molecular flexibility index (Phi) is 6.42. The monoisotopic (exact) mass is 395 g/mol. The molecule has 4 nitrogen and oxygen atoms in total. The summed E-state index contributed by atoms with van der Waals surface area (Å²) in [7, 11) is 1.97. The Morgan fingerprint density at radius 3 is 2.83 bits per heavy atom. The first-order valence-corrected chi connectivity index (χ1v) is 8.46. The summed E-state index contributed by atoms with van der Waals surface area (Å²) in [5.41, 5.74) is 2.54. The van der Waals surface area contributed by atoms with Gasteiger partial charge >= 0.3 is 0 Å². The third-order valence-corrected chi connectivity index (χ3v) is 4.26. The van der Waals surface area contributed by atoms with Gasteiger partial charge in [-0.1, -0.05) is 29.8 Å². The fourth-order valence-electron chi connectivity index (χ4n) is 1.79. The number of benzene rings is 1. The van der Waals surface area contributed by atoms with Crippen LogP contribution in [-0.4, -0.2) is 29.8 Å². The van der Waals surface area contributed by atoms with Crippen molar-refractivity contribution in [3.8, 4) is 5.88 Å². The maximum Gasteiger partial charge on any atom is 0.228 e. The van der Waals surface area contributed by atoms with Crippen molar-refractivity contribution in [2.75, 3.05) is 13.6 Å². The second-order valence-corrected chi connectivity index (χ2v) is 6.34. The van der Waals surface area contributed by atoms with Crippen molar-refractivity contribution >= 4 is 39.6 Å². The summed E-state index contributed by atoms with van der Waals surface area (Å²) < 4.78 is 6.55. The van der Waals surface area contributed by atoms with Crippen molar-refractivity contribution in [1.29, 1.82) is 0 Å². The molecule has 1 aromatic carbocycles. The number of hydrogen-bond acceptors (Lipinski definition) is 3. The summed E-state index contributed by atoms with van der Waals surface area (Å²) in [4.78, 5) is 10.9. The first-order valence-electron chi connectivity index (χ1n) is 7.29. The van der Waals surface area contributed by atoms with E-state index in [-0.39, 0.29) is 0 Å². The third-order valence-electron chi connectivity index (χ3n) is 3.32. The largest absolute Gasteiger partial charge is 0.472 e. The maximum atomic E-state index is 6.14. The van der Waals surface area contributed by atoms with Crippen LogP contribution >= 0.6 is 27.5 Å². The molecule has 0 fully saturated rings. The lowest BCUT2D eigenvalue weighted by Gasteiger charge is -2.11. The van der Waals surface area contributed by atoms with Crippen LogP contribution in [0, 0.1) is 6.92 Å². The quantitative estimate of drug-likeness (QED) is 0.509. The van der Waals surface area contributed by atoms with Crippen molar-refractivity contribution in [3.05, 3.63) is 51.1 Å². The van der Waals surface area contributed by atoms with E-state index in [0.29, 0.717) is 17.5 Å². The molecule has 6 heteroatoms. The van der Waals surface area contributed by atoms with E-state index in [9.17, 15) is 0 Å². The Bertz CT molecular complexity index is 706. The number of halogens is 2. The molecule has 0 saturated carbocycles. The number of rotatable bonds is 6. The Hall–Kier alpha value is -1.59. The van der Waals surface area contributed by atoms with E-state index < -0.39 is 0 Å². The lowest BCUT2D eigenvalue weighted by molar-refractivity contribution is 0.291. The van der Waals surface area contributed by atoms with E-state index in [2.05, 4.69) is 32.8 Å². The summed E-state index contributed by atoms with van der Waals surface area (Å²) in [6.45, 7) is 5.24. The van der Waals surface area contributed by atoms with Crippen LogP contribution in [0.5, 0.6) is 5.88 Å². The summed E-state index contributed by atoms with van der Waals surface area (Å²) in [5, 5.41) is 0.684. The van der Waals surface area contributed by atoms with Crippen molar-refractivity contribution in [3.63, 3.8) is 0 Å². The standard InChI is InChI=1S/C17H19BrClN3O/c1-4-22(3)11-20-16-9-14(18)17(21-12(16)2)23-10-13-7-5-6-8-15(13)19/h5-9,11H,4,10H2,1-3H3. The highest BCUT2D eigenvalue weighted by Crippen LogP contribution is 2.30. The van der Waals surface area contributed by atoms with Crippen LogP contribution in [0.25, 0.3) is 0 Å². The number of pyridine rings is 1. The maximum absolute atomic E-state index is 6.14. The van der Waals surface area contributed by atoms with Crippen molar-refractivity contribution in [1.82, 2.24) is 9.88 Å². The molecule has 0 spiro atoms. The van der Waals surface area contributed by atoms with E-state index >= 15 is 0 Å². The molecule has 0 radical (unpaired) electrons. The van der Waals surface area contributed by atoms with Gasteiger partial charge in [-0.2, -0.15) is 0 Å². The highest BCUT2D eigenvalue weighted by atomic mass is 79.9. The van der Waals surface area contributed by atoms with E-state index in [1.54, 1.807) is 6.34 Å². The number of aromatic nitrogens is 1. The van der Waals surface area contributed by atoms with Crippen molar-refractivity contribution in [2.24, 2.45) is 4.99 Å². The van der Waals surface area contributed by atoms with Gasteiger partial charge in [-0.25, -0.2) is 9.98 Å². The van der Waals surface area contributed by atoms with Gasteiger partial charge in [-0.3, -0.25) is 0 Å². The van der Waals surface area contributed by atoms with Crippen molar-refractivity contribution in [2.45, 2.75) is 20.5 Å². The van der Waals surface area contributed by atoms with Gasteiger partial charge in [0.05, 0.1) is 22.2 Å². The minimum absolute atomic E-state index is 0.367. The first kappa shape index (κ1) is 17.8. The molecule has 1 heterocycles. The minimum Gasteiger partial charge on any atom is -0.472 e. The Balaban J connectivity index is 2.14. The van der Waals surface area contributed by atoms with E-state index in [0.717, 1.165) is 28.0 Å². The molecule has 2 aromatic rings. The van der Waals surface area contributed by atoms with Crippen LogP contribution in [0.2, 0.25) is 5.02 Å². The number of nitrogens with zero attached hydrogens (tertiary/aromatic N) is 3. The molecule has 0 aliphatic carbocycles. The van der Waals surface area contributed by atoms with Crippen LogP contribution in [0.15, 0.2) is 39.8 Å². The molecular formula is C17H19BrClN3O. The minimum atomic E-state index is 0.367. The number of hydrogen-bond donors (Lipinski definition) is 0. The van der Waals surface area contributed by atoms with Gasteiger partial charge in [-0.15, -0.1) is 0 Å². The van der Waals surface area contributed by atoms with Gasteiger partial charge in [0.2, 0.25) is 5.88 Å². The molecular weight excluding hydrogens is 378 g/mol. The van der Waals surface area contributed by atoms with Gasteiger partial charge in [0.1, 0.15) is 6.61 Å². The molecule has 0 amide bonds. The van der Waals surface area contributed by atoms with Crippen LogP contribution in [0.1, 0.15) is 18.2 Å². The number of aryl methyl sites for hydroxylation is 1. The average molecular weight is 397 g/mol. The SMILES string of the molecule is CCN(C)C=Nc1cc(Br)c(OCc2ccccc2Cl)nc1C. The molecule has 0 aliphatic rings. The van der Waals surface area contributed by atoms with Gasteiger partial charge in [-0.05, 0) is 41.9 Å². The molecule has 0 aliphatic heterocycles. The Morgan fingerprint density at radius 1 is 1.39 bits per heavy atom. The van der Waals surface area contributed by atoms with Crippen LogP contribution < -0.4 is 4.74 Å². The number of aliphatic imine (C=N–C) groups is 1. The topological polar surface area (TPSA) is 37.7 Å². The highest BCUT2D eigenvalue weighted by Gasteiger charge is 2.09. The fraction of sp³-hybridized carbons (Fsp3) is 0.294. The van der Waals surface area contributed by atoms with Crippen LogP contribution in [0.4, 0.5) is 5.69 Å². The molecule has 2 rings (SSSR count). The van der Waals surface area contributed by atoms with E-state index in [1.165, 1.54) is 0 Å². The zero-order valence-corrected chi connectivity index (χ0v) is 15.7. The lowest BCUT2D eigenvalue weighted by Crippen LogP contribution is -2.14. The van der Waals surface area contributed by atoms with Crippen LogP contribution in [-0.2, 0) is 6.61 Å². The summed E-state index contributed by atoms with van der Waals surface area (Å²) in [5.74, 6) is 0.533. The van der Waals surface area contributed by atoms with Crippen LogP contribution in [0.3, 0.4) is 0 Å². The normalized spacial score (nSPS) is 11.0. The highest BCUT2D eigenvalue weighted by molar-refractivity contribution is 9.10. The molecule has 0 saturated heterocycles. The molecule has 122 valence electrons. The Morgan fingerprint density at radius 2 is 2.13 bits per heavy atom. The Labute approximate surface area is 150 Å². The predicted molar refractivity (Wildman–Crippen MR) is 98.9 cm³/mol. The molecule has 1 aromatic heterocycles. The fourth-order valence-corrected chi connectivity index (χ4v) is 2.40. The second kappa shape index (κ2) is 8.31. The molecule has 0 atom stereocenters. The smallest absolute Gasteiger partial charge is 0.228 e. The number of ether oxygens (including phenoxy) is 1. The third kappa shape index (κ3) is 4.94. The zero-order valence-electron chi connectivity index (χ0n) is 13.4. The predicted octanol–water partition coefficient (Wildman–Crippen LogP) is 5.00. The molecule has 0 bridgehead atoms. The van der Waals surface area contributed by atoms with Crippen molar-refractivity contribution < 1.29 is 4.74 Å². The lowest BCUT2D eigenvalue weighted by atomic mass is 10.2. The van der Waals surface area contributed by atoms with Gasteiger partial charge in [0.15, 0.2) is 0 Å². The molecule has 23 heavy (non-hydrogen) atoms. The average Bonchev–Trinajstić information content (AvgIpc) is 2.54. The zero-order chi connectivity index (χ0) is 16.8. The van der Waals surface area contributed by atoms with Gasteiger partial charge in [0.25, 0.3) is 0 Å². The van der Waals surface area contributed by atoms with E-state index in [1.807, 2.05) is 49.2 Å². The second-order valence-electron chi connectivity index (χ2n) is 5.08. The molecule has 0 N–H and O–H groups in total. The van der Waals surface area contributed by atoms with Gasteiger partial charge < -0.3 is 9.64 Å². The summed E-state index contributed by atoms with van der Waals surface area (Å²) in [6, 6.07) is 9.51. The molecule has 0 unspecified atom stereocenters. The van der Waals surface area contributed by atoms with Gasteiger partial charge in [0, 0.05) is 24.2 Å². The van der Waals surface area contributed by atoms with E-state index in [4.69, 9.17) is 16.3 Å².